The van der Waals surface area contributed by atoms with Crippen molar-refractivity contribution in [1.82, 2.24) is 4.57 Å². The van der Waals surface area contributed by atoms with E-state index >= 15 is 0 Å². The van der Waals surface area contributed by atoms with E-state index in [4.69, 9.17) is 0 Å². The average Bonchev–Trinajstić information content (AvgIpc) is 3.56. The molecule has 0 bridgehead atoms. The number of benzene rings is 6. The summed E-state index contributed by atoms with van der Waals surface area (Å²) in [5.74, 6) is 0. The second-order valence-electron chi connectivity index (χ2n) is 10.7. The number of hydrogen-bond donors (Lipinski definition) is 0. The van der Waals surface area contributed by atoms with Crippen LogP contribution in [0.25, 0.3) is 58.8 Å². The van der Waals surface area contributed by atoms with Gasteiger partial charge in [0, 0.05) is 31.9 Å². The van der Waals surface area contributed by atoms with Gasteiger partial charge in [-0.15, -0.1) is 11.3 Å². The minimum absolute atomic E-state index is 1.21. The van der Waals surface area contributed by atoms with E-state index in [0.29, 0.717) is 0 Å². The first kappa shape index (κ1) is 25.3. The Morgan fingerprint density at radius 2 is 1.07 bits per heavy atom. The van der Waals surface area contributed by atoms with E-state index in [2.05, 4.69) is 141 Å². The molecule has 2 heteroatoms. The van der Waals surface area contributed by atoms with Gasteiger partial charge in [-0.2, -0.15) is 0 Å². The molecule has 0 spiro atoms. The van der Waals surface area contributed by atoms with Crippen LogP contribution in [0, 0.1) is 20.8 Å². The van der Waals surface area contributed by atoms with Gasteiger partial charge >= 0.3 is 0 Å². The molecule has 0 fully saturated rings. The number of thiophene rings is 1. The van der Waals surface area contributed by atoms with Crippen molar-refractivity contribution < 1.29 is 0 Å². The normalized spacial score (nSPS) is 11.3. The molecule has 0 N–H and O–H groups in total. The molecular formula is C39H31NS. The molecule has 0 saturated carbocycles. The molecule has 0 unspecified atom stereocenters. The molecule has 0 aliphatic rings. The molecule has 0 radical (unpaired) electrons. The first-order valence-corrected chi connectivity index (χ1v) is 14.9. The lowest BCUT2D eigenvalue weighted by molar-refractivity contribution is 1.17. The Morgan fingerprint density at radius 3 is 1.80 bits per heavy atom. The molecular weight excluding hydrogens is 515 g/mol. The van der Waals surface area contributed by atoms with E-state index in [0.717, 1.165) is 0 Å². The second kappa shape index (κ2) is 10.4. The van der Waals surface area contributed by atoms with Gasteiger partial charge in [0.25, 0.3) is 0 Å². The van der Waals surface area contributed by atoms with Crippen LogP contribution >= 0.6 is 11.3 Å². The first-order chi connectivity index (χ1) is 20.1. The van der Waals surface area contributed by atoms with Gasteiger partial charge in [0.05, 0.1) is 15.7 Å². The minimum Gasteiger partial charge on any atom is -0.308 e. The SMILES string of the molecule is Cc1ccccc1.Cc1ccccc1-c1ccc2c3ccc4c5ccccc5sc4c3n(-c3ccccc3)c2c1C. The van der Waals surface area contributed by atoms with Gasteiger partial charge in [-0.3, -0.25) is 0 Å². The smallest absolute Gasteiger partial charge is 0.0719 e. The van der Waals surface area contributed by atoms with Crippen LogP contribution in [0.2, 0.25) is 0 Å². The Balaban J connectivity index is 0.000000348. The van der Waals surface area contributed by atoms with E-state index < -0.39 is 0 Å². The molecule has 2 heterocycles. The third-order valence-corrected chi connectivity index (χ3v) is 9.27. The summed E-state index contributed by atoms with van der Waals surface area (Å²) in [7, 11) is 0. The van der Waals surface area contributed by atoms with E-state index in [9.17, 15) is 0 Å². The predicted octanol–water partition coefficient (Wildman–Crippen LogP) is 11.4. The lowest BCUT2D eigenvalue weighted by Gasteiger charge is -2.14. The van der Waals surface area contributed by atoms with Crippen LogP contribution in [0.3, 0.4) is 0 Å². The summed E-state index contributed by atoms with van der Waals surface area (Å²) in [6.45, 7) is 6.57. The third-order valence-electron chi connectivity index (χ3n) is 8.08. The van der Waals surface area contributed by atoms with Crippen molar-refractivity contribution in [2.45, 2.75) is 20.8 Å². The number of fused-ring (bicyclic) bond motifs is 7. The monoisotopic (exact) mass is 545 g/mol. The van der Waals surface area contributed by atoms with E-state index in [1.54, 1.807) is 0 Å². The van der Waals surface area contributed by atoms with Gasteiger partial charge in [0.2, 0.25) is 0 Å². The Labute approximate surface area is 244 Å². The number of aromatic nitrogens is 1. The molecule has 8 aromatic rings. The zero-order valence-electron chi connectivity index (χ0n) is 23.6. The van der Waals surface area contributed by atoms with Gasteiger partial charge in [0.1, 0.15) is 0 Å². The highest BCUT2D eigenvalue weighted by Gasteiger charge is 2.20. The average molecular weight is 546 g/mol. The van der Waals surface area contributed by atoms with Gasteiger partial charge < -0.3 is 4.57 Å². The molecule has 2 aromatic heterocycles. The van der Waals surface area contributed by atoms with Crippen LogP contribution in [0.4, 0.5) is 0 Å². The van der Waals surface area contributed by atoms with Crippen molar-refractivity contribution in [2.75, 3.05) is 0 Å². The maximum atomic E-state index is 2.50. The lowest BCUT2D eigenvalue weighted by atomic mass is 9.94. The standard InChI is InChI=1S/C32H23NS.C7H8/c1-20-10-6-7-13-23(20)24-16-17-26-27-18-19-28-25-14-8-9-15-29(25)34-32(28)31(27)33(30(26)21(24)2)22-11-4-3-5-12-22;1-7-5-3-2-4-6-7/h3-19H,1-2H3;2-6H,1H3. The van der Waals surface area contributed by atoms with Gasteiger partial charge in [0.15, 0.2) is 0 Å². The lowest BCUT2D eigenvalue weighted by Crippen LogP contribution is -1.96. The van der Waals surface area contributed by atoms with Crippen LogP contribution < -0.4 is 0 Å². The van der Waals surface area contributed by atoms with E-state index in [1.165, 1.54) is 75.5 Å². The van der Waals surface area contributed by atoms with Crippen LogP contribution in [-0.4, -0.2) is 4.57 Å². The molecule has 8 rings (SSSR count). The van der Waals surface area contributed by atoms with E-state index in [1.807, 2.05) is 29.5 Å². The summed E-state index contributed by atoms with van der Waals surface area (Å²) < 4.78 is 5.20. The molecule has 0 saturated heterocycles. The van der Waals surface area contributed by atoms with Crippen molar-refractivity contribution in [1.29, 1.82) is 0 Å². The number of rotatable bonds is 2. The fourth-order valence-electron chi connectivity index (χ4n) is 6.07. The highest BCUT2D eigenvalue weighted by atomic mass is 32.1. The summed E-state index contributed by atoms with van der Waals surface area (Å²) in [5.41, 5.74) is 10.4. The first-order valence-electron chi connectivity index (χ1n) is 14.1. The highest BCUT2D eigenvalue weighted by molar-refractivity contribution is 7.26. The Kier molecular flexibility index (Phi) is 6.41. The number of aryl methyl sites for hydroxylation is 3. The highest BCUT2D eigenvalue weighted by Crippen LogP contribution is 2.44. The predicted molar refractivity (Wildman–Crippen MR) is 180 cm³/mol. The zero-order chi connectivity index (χ0) is 27.9. The topological polar surface area (TPSA) is 4.93 Å². The summed E-state index contributed by atoms with van der Waals surface area (Å²) in [4.78, 5) is 0. The largest absolute Gasteiger partial charge is 0.308 e. The summed E-state index contributed by atoms with van der Waals surface area (Å²) in [6.07, 6.45) is 0. The van der Waals surface area contributed by atoms with Gasteiger partial charge in [-0.25, -0.2) is 0 Å². The number of hydrogen-bond acceptors (Lipinski definition) is 1. The van der Waals surface area contributed by atoms with Crippen LogP contribution in [0.1, 0.15) is 16.7 Å². The van der Waals surface area contributed by atoms with Gasteiger partial charge in [-0.05, 0) is 61.2 Å². The quantitative estimate of drug-likeness (QED) is 0.204. The molecule has 0 aliphatic heterocycles. The summed E-state index contributed by atoms with van der Waals surface area (Å²) in [6, 6.07) is 47.8. The Bertz CT molecular complexity index is 2170. The van der Waals surface area contributed by atoms with Crippen molar-refractivity contribution in [2.24, 2.45) is 0 Å². The van der Waals surface area contributed by atoms with Crippen LogP contribution in [0.5, 0.6) is 0 Å². The van der Waals surface area contributed by atoms with Crippen molar-refractivity contribution >= 4 is 53.3 Å². The molecule has 6 aromatic carbocycles. The van der Waals surface area contributed by atoms with Crippen molar-refractivity contribution in [3.63, 3.8) is 0 Å². The zero-order valence-corrected chi connectivity index (χ0v) is 24.4. The molecule has 198 valence electrons. The maximum Gasteiger partial charge on any atom is 0.0719 e. The van der Waals surface area contributed by atoms with Crippen LogP contribution in [-0.2, 0) is 0 Å². The fourth-order valence-corrected chi connectivity index (χ4v) is 7.31. The third kappa shape index (κ3) is 4.32. The Hall–Kier alpha value is -4.66. The minimum atomic E-state index is 1.21. The van der Waals surface area contributed by atoms with Crippen molar-refractivity contribution in [3.8, 4) is 16.8 Å². The maximum absolute atomic E-state index is 2.50. The Morgan fingerprint density at radius 1 is 0.463 bits per heavy atom. The van der Waals surface area contributed by atoms with Crippen LogP contribution in [0.15, 0.2) is 133 Å². The summed E-state index contributed by atoms with van der Waals surface area (Å²) in [5, 5.41) is 5.31. The molecule has 0 aliphatic carbocycles. The molecule has 0 amide bonds. The fraction of sp³-hybridized carbons (Fsp3) is 0.0769. The molecule has 41 heavy (non-hydrogen) atoms. The number of para-hydroxylation sites is 1. The second-order valence-corrected chi connectivity index (χ2v) is 11.8. The summed E-state index contributed by atoms with van der Waals surface area (Å²) >= 11 is 1.90. The molecule has 0 atom stereocenters. The number of nitrogens with zero attached hydrogens (tertiary/aromatic N) is 1. The van der Waals surface area contributed by atoms with E-state index in [-0.39, 0.29) is 0 Å². The van der Waals surface area contributed by atoms with Gasteiger partial charge in [-0.1, -0.05) is 121 Å². The van der Waals surface area contributed by atoms with Crippen molar-refractivity contribution in [3.05, 3.63) is 150 Å². The molecule has 1 nitrogen and oxygen atoms in total.